The van der Waals surface area contributed by atoms with Gasteiger partial charge in [-0.1, -0.05) is 0 Å². The maximum absolute atomic E-state index is 12.2. The van der Waals surface area contributed by atoms with E-state index in [0.29, 0.717) is 16.3 Å². The summed E-state index contributed by atoms with van der Waals surface area (Å²) in [4.78, 5) is 12.8. The number of thiophene rings is 1. The number of rotatable bonds is 3. The first-order chi connectivity index (χ1) is 7.63. The van der Waals surface area contributed by atoms with Gasteiger partial charge < -0.3 is 4.74 Å². The van der Waals surface area contributed by atoms with E-state index in [9.17, 15) is 4.79 Å². The van der Waals surface area contributed by atoms with E-state index in [1.807, 2.05) is 6.07 Å². The van der Waals surface area contributed by atoms with Gasteiger partial charge in [0.05, 0.1) is 22.0 Å². The Labute approximate surface area is 105 Å². The molecule has 6 heteroatoms. The van der Waals surface area contributed by atoms with Gasteiger partial charge in [-0.05, 0) is 28.1 Å². The van der Waals surface area contributed by atoms with Gasteiger partial charge in [0, 0.05) is 7.05 Å². The minimum Gasteiger partial charge on any atom is -0.493 e. The molecule has 0 amide bonds. The highest BCUT2D eigenvalue weighted by Gasteiger charge is 2.20. The molecule has 0 aliphatic heterocycles. The predicted molar refractivity (Wildman–Crippen MR) is 65.2 cm³/mol. The van der Waals surface area contributed by atoms with E-state index >= 15 is 0 Å². The van der Waals surface area contributed by atoms with Crippen LogP contribution in [0.4, 0.5) is 0 Å². The summed E-state index contributed by atoms with van der Waals surface area (Å²) in [5.74, 6) is 0.421. The van der Waals surface area contributed by atoms with Gasteiger partial charge in [0.25, 0.3) is 0 Å². The Hall–Kier alpha value is -1.14. The van der Waals surface area contributed by atoms with Crippen LogP contribution < -0.4 is 4.74 Å². The number of carbonyl (C=O) groups excluding carboxylic acids is 1. The van der Waals surface area contributed by atoms with Crippen LogP contribution in [0.2, 0.25) is 0 Å². The molecule has 16 heavy (non-hydrogen) atoms. The molecule has 0 aromatic carbocycles. The SMILES string of the molecule is COc1cnn(C)c1C(=O)c1ccc(Br)s1. The fourth-order valence-corrected chi connectivity index (χ4v) is 2.71. The molecule has 0 fully saturated rings. The highest BCUT2D eigenvalue weighted by molar-refractivity contribution is 9.11. The Kier molecular flexibility index (Phi) is 3.11. The second kappa shape index (κ2) is 4.39. The Morgan fingerprint density at radius 2 is 2.31 bits per heavy atom. The monoisotopic (exact) mass is 300 g/mol. The molecule has 0 spiro atoms. The molecule has 0 radical (unpaired) electrons. The van der Waals surface area contributed by atoms with E-state index in [1.54, 1.807) is 13.1 Å². The second-order valence-corrected chi connectivity index (χ2v) is 5.58. The lowest BCUT2D eigenvalue weighted by molar-refractivity contribution is 0.103. The van der Waals surface area contributed by atoms with Crippen LogP contribution >= 0.6 is 27.3 Å². The van der Waals surface area contributed by atoms with Gasteiger partial charge >= 0.3 is 0 Å². The van der Waals surface area contributed by atoms with Gasteiger partial charge in [0.1, 0.15) is 0 Å². The molecule has 0 aliphatic rings. The van der Waals surface area contributed by atoms with Crippen LogP contribution in [0, 0.1) is 0 Å². The number of methoxy groups -OCH3 is 1. The lowest BCUT2D eigenvalue weighted by Gasteiger charge is -2.02. The molecule has 2 heterocycles. The van der Waals surface area contributed by atoms with Gasteiger partial charge in [-0.25, -0.2) is 0 Å². The normalized spacial score (nSPS) is 10.4. The quantitative estimate of drug-likeness (QED) is 0.818. The summed E-state index contributed by atoms with van der Waals surface area (Å²) in [5, 5.41) is 4.00. The van der Waals surface area contributed by atoms with E-state index in [1.165, 1.54) is 29.3 Å². The Morgan fingerprint density at radius 3 is 2.88 bits per heavy atom. The van der Waals surface area contributed by atoms with Crippen molar-refractivity contribution < 1.29 is 9.53 Å². The van der Waals surface area contributed by atoms with Crippen molar-refractivity contribution in [2.24, 2.45) is 7.05 Å². The molecule has 0 bridgehead atoms. The standard InChI is InChI=1S/C10H9BrN2O2S/c1-13-9(6(15-2)5-12-13)10(14)7-3-4-8(11)16-7/h3-5H,1-2H3. The topological polar surface area (TPSA) is 44.1 Å². The third kappa shape index (κ3) is 1.90. The second-order valence-electron chi connectivity index (χ2n) is 3.12. The van der Waals surface area contributed by atoms with Gasteiger partial charge in [-0.15, -0.1) is 11.3 Å². The molecule has 2 aromatic heterocycles. The number of aryl methyl sites for hydroxylation is 1. The molecule has 0 aliphatic carbocycles. The maximum Gasteiger partial charge on any atom is 0.224 e. The fourth-order valence-electron chi connectivity index (χ4n) is 1.38. The Morgan fingerprint density at radius 1 is 1.56 bits per heavy atom. The molecule has 2 aromatic rings. The van der Waals surface area contributed by atoms with Crippen molar-refractivity contribution in [3.05, 3.63) is 32.7 Å². The van der Waals surface area contributed by atoms with Crippen molar-refractivity contribution in [1.29, 1.82) is 0 Å². The van der Waals surface area contributed by atoms with E-state index in [4.69, 9.17) is 4.74 Å². The highest BCUT2D eigenvalue weighted by atomic mass is 79.9. The van der Waals surface area contributed by atoms with E-state index in [0.717, 1.165) is 3.79 Å². The van der Waals surface area contributed by atoms with Crippen LogP contribution in [-0.4, -0.2) is 22.7 Å². The number of hydrogen-bond donors (Lipinski definition) is 0. The zero-order valence-electron chi connectivity index (χ0n) is 8.73. The zero-order valence-corrected chi connectivity index (χ0v) is 11.1. The molecule has 0 atom stereocenters. The predicted octanol–water partition coefficient (Wildman–Crippen LogP) is 2.48. The highest BCUT2D eigenvalue weighted by Crippen LogP contribution is 2.27. The largest absolute Gasteiger partial charge is 0.493 e. The molecule has 4 nitrogen and oxygen atoms in total. The summed E-state index contributed by atoms with van der Waals surface area (Å²) < 4.78 is 7.55. The third-order valence-corrected chi connectivity index (χ3v) is 3.76. The first-order valence-electron chi connectivity index (χ1n) is 4.49. The smallest absolute Gasteiger partial charge is 0.224 e. The van der Waals surface area contributed by atoms with Crippen molar-refractivity contribution in [2.45, 2.75) is 0 Å². The van der Waals surface area contributed by atoms with Crippen LogP contribution in [0.15, 0.2) is 22.1 Å². The van der Waals surface area contributed by atoms with Crippen molar-refractivity contribution >= 4 is 33.0 Å². The van der Waals surface area contributed by atoms with Crippen molar-refractivity contribution in [2.75, 3.05) is 7.11 Å². The summed E-state index contributed by atoms with van der Waals surface area (Å²) in [7, 11) is 3.25. The lowest BCUT2D eigenvalue weighted by atomic mass is 10.2. The summed E-state index contributed by atoms with van der Waals surface area (Å²) in [5.41, 5.74) is 0.469. The minimum absolute atomic E-state index is 0.0763. The van der Waals surface area contributed by atoms with Gasteiger partial charge in [-0.3, -0.25) is 9.48 Å². The van der Waals surface area contributed by atoms with Crippen molar-refractivity contribution in [1.82, 2.24) is 9.78 Å². The van der Waals surface area contributed by atoms with Crippen LogP contribution in [0.1, 0.15) is 15.4 Å². The number of ether oxygens (including phenoxy) is 1. The molecular weight excluding hydrogens is 292 g/mol. The molecule has 0 saturated carbocycles. The van der Waals surface area contributed by atoms with Crippen molar-refractivity contribution in [3.63, 3.8) is 0 Å². The third-order valence-electron chi connectivity index (χ3n) is 2.14. The summed E-state index contributed by atoms with van der Waals surface area (Å²) >= 11 is 4.72. The van der Waals surface area contributed by atoms with Crippen LogP contribution in [0.5, 0.6) is 5.75 Å². The molecule has 0 unspecified atom stereocenters. The number of nitrogens with zero attached hydrogens (tertiary/aromatic N) is 2. The average molecular weight is 301 g/mol. The van der Waals surface area contributed by atoms with E-state index in [-0.39, 0.29) is 5.78 Å². The number of ketones is 1. The number of aromatic nitrogens is 2. The molecule has 0 saturated heterocycles. The first-order valence-corrected chi connectivity index (χ1v) is 6.10. The van der Waals surface area contributed by atoms with Gasteiger partial charge in [0.2, 0.25) is 5.78 Å². The molecule has 84 valence electrons. The minimum atomic E-state index is -0.0763. The summed E-state index contributed by atoms with van der Waals surface area (Å²) in [6, 6.07) is 3.63. The Bertz CT molecular complexity index is 533. The summed E-state index contributed by atoms with van der Waals surface area (Å²) in [6.07, 6.45) is 1.54. The zero-order chi connectivity index (χ0) is 11.7. The van der Waals surface area contributed by atoms with E-state index in [2.05, 4.69) is 21.0 Å². The Balaban J connectivity index is 2.44. The average Bonchev–Trinajstić information content (AvgIpc) is 2.83. The molecular formula is C10H9BrN2O2S. The van der Waals surface area contributed by atoms with Crippen LogP contribution in [-0.2, 0) is 7.05 Å². The summed E-state index contributed by atoms with van der Waals surface area (Å²) in [6.45, 7) is 0. The first kappa shape index (κ1) is 11.3. The van der Waals surface area contributed by atoms with E-state index < -0.39 is 0 Å². The molecule has 2 rings (SSSR count). The molecule has 0 N–H and O–H groups in total. The fraction of sp³-hybridized carbons (Fsp3) is 0.200. The maximum atomic E-state index is 12.2. The number of halogens is 1. The van der Waals surface area contributed by atoms with Gasteiger partial charge in [-0.2, -0.15) is 5.10 Å². The number of carbonyl (C=O) groups is 1. The van der Waals surface area contributed by atoms with Crippen molar-refractivity contribution in [3.8, 4) is 5.75 Å². The lowest BCUT2D eigenvalue weighted by Crippen LogP contribution is -2.08. The van der Waals surface area contributed by atoms with Crippen LogP contribution in [0.25, 0.3) is 0 Å². The number of hydrogen-bond acceptors (Lipinski definition) is 4. The van der Waals surface area contributed by atoms with Gasteiger partial charge in [0.15, 0.2) is 11.4 Å². The van der Waals surface area contributed by atoms with Crippen LogP contribution in [0.3, 0.4) is 0 Å².